The number of rotatable bonds is 11. The maximum Gasteiger partial charge on any atom is 0.481 e. The third kappa shape index (κ3) is 6.73. The average Bonchev–Trinajstić information content (AvgIpc) is 3.61. The fourth-order valence-corrected chi connectivity index (χ4v) is 6.73. The Morgan fingerprint density at radius 3 is 2.30 bits per heavy atom. The van der Waals surface area contributed by atoms with Crippen LogP contribution in [0.4, 0.5) is 5.82 Å². The molecule has 5 rings (SSSR count). The molecule has 0 aliphatic carbocycles. The normalized spacial score (nSPS) is 31.6. The maximum absolute atomic E-state index is 12.4. The van der Waals surface area contributed by atoms with Crippen LogP contribution in [0.3, 0.4) is 0 Å². The van der Waals surface area contributed by atoms with Crippen LogP contribution in [0.15, 0.2) is 37.2 Å². The number of hydrogen-bond acceptors (Lipinski definition) is 16. The Bertz CT molecular complexity index is 1630. The zero-order chi connectivity index (χ0) is 32.0. The van der Waals surface area contributed by atoms with Crippen molar-refractivity contribution in [2.24, 2.45) is 0 Å². The minimum absolute atomic E-state index is 0.0547. The van der Waals surface area contributed by atoms with Gasteiger partial charge in [0.1, 0.15) is 42.4 Å². The van der Waals surface area contributed by atoms with Gasteiger partial charge in [-0.2, -0.15) is 8.88 Å². The fraction of sp³-hybridized carbons (Fsp3) is 0.500. The lowest BCUT2D eigenvalue weighted by Crippen LogP contribution is -2.46. The van der Waals surface area contributed by atoms with Crippen molar-refractivity contribution in [2.45, 2.75) is 56.0 Å². The molecule has 0 aromatic carbocycles. The highest BCUT2D eigenvalue weighted by atomic mass is 31.3. The first kappa shape index (κ1) is 32.6. The van der Waals surface area contributed by atoms with Gasteiger partial charge >= 0.3 is 15.6 Å². The van der Waals surface area contributed by atoms with Crippen molar-refractivity contribution < 1.29 is 71.5 Å². The lowest BCUT2D eigenvalue weighted by atomic mass is 10.1. The summed E-state index contributed by atoms with van der Waals surface area (Å²) in [6, 6.07) is 3.04. The molecule has 0 radical (unpaired) electrons. The number of pyridine rings is 1. The number of nitrogens with zero attached hydrogens (tertiary/aromatic N) is 5. The Balaban J connectivity index is 1.16. The zero-order valence-corrected chi connectivity index (χ0v) is 24.4. The summed E-state index contributed by atoms with van der Waals surface area (Å²) in [5, 5.41) is 41.7. The van der Waals surface area contributed by atoms with Crippen LogP contribution in [0.5, 0.6) is 0 Å². The number of anilines is 1. The lowest BCUT2D eigenvalue weighted by molar-refractivity contribution is -0.765. The quantitative estimate of drug-likeness (QED) is 0.0669. The van der Waals surface area contributed by atoms with Crippen molar-refractivity contribution in [1.29, 1.82) is 0 Å². The zero-order valence-electron chi connectivity index (χ0n) is 22.7. The van der Waals surface area contributed by atoms with Gasteiger partial charge in [-0.05, 0) is 13.0 Å². The van der Waals surface area contributed by atoms with E-state index in [1.54, 1.807) is 0 Å². The number of nitrogens with two attached hydrogens (primary N) is 1. The summed E-state index contributed by atoms with van der Waals surface area (Å²) in [6.45, 7) is -0.430. The molecule has 0 bridgehead atoms. The van der Waals surface area contributed by atoms with Crippen LogP contribution in [-0.2, 0) is 32.0 Å². The number of fused-ring (bicyclic) bond motifs is 1. The molecule has 2 aliphatic heterocycles. The van der Waals surface area contributed by atoms with Gasteiger partial charge in [0.15, 0.2) is 42.0 Å². The summed E-state index contributed by atoms with van der Waals surface area (Å²) in [5.41, 5.74) is 6.41. The van der Waals surface area contributed by atoms with Gasteiger partial charge in [0.05, 0.1) is 25.1 Å². The number of phosphoric acid groups is 2. The van der Waals surface area contributed by atoms with E-state index < -0.39 is 77.9 Å². The van der Waals surface area contributed by atoms with Crippen LogP contribution >= 0.6 is 15.6 Å². The number of carbonyl (C=O) groups excluding carboxylic acids is 1. The number of aromatic nitrogens is 5. The molecule has 240 valence electrons. The Kier molecular flexibility index (Phi) is 9.28. The van der Waals surface area contributed by atoms with Crippen molar-refractivity contribution in [2.75, 3.05) is 18.9 Å². The van der Waals surface area contributed by atoms with Crippen LogP contribution in [0, 0.1) is 0 Å². The van der Waals surface area contributed by atoms with Crippen molar-refractivity contribution in [3.05, 3.63) is 42.7 Å². The molecule has 3 aromatic rings. The number of ketones is 1. The molecular formula is C22H29N6O14P2+. The minimum atomic E-state index is -5.36. The molecule has 22 heteroatoms. The summed E-state index contributed by atoms with van der Waals surface area (Å²) in [4.78, 5) is 43.6. The molecule has 10 atom stereocenters. The highest BCUT2D eigenvalue weighted by molar-refractivity contribution is 7.61. The first-order chi connectivity index (χ1) is 20.7. The van der Waals surface area contributed by atoms with Crippen LogP contribution in [0.25, 0.3) is 11.2 Å². The van der Waals surface area contributed by atoms with Crippen LogP contribution < -0.4 is 10.3 Å². The second-order valence-corrected chi connectivity index (χ2v) is 12.9. The van der Waals surface area contributed by atoms with E-state index in [2.05, 4.69) is 19.3 Å². The van der Waals surface area contributed by atoms with E-state index in [9.17, 15) is 44.1 Å². The number of aliphatic hydroxyl groups excluding tert-OH is 4. The SMILES string of the molecule is CC(=O)c1ccc[n+]([C@@H]2O[C@@H](COP(=O)(O)OP(=O)(O)OC[C@@H]3O[C@@H](n4cnc5c(N)ncnc54)[C@H](O)[C@H]3O)[C@H](O)[C@H]2O)c1. The summed E-state index contributed by atoms with van der Waals surface area (Å²) in [5.74, 6) is -0.210. The summed E-state index contributed by atoms with van der Waals surface area (Å²) in [6.07, 6.45) is -6.47. The second-order valence-electron chi connectivity index (χ2n) is 9.88. The van der Waals surface area contributed by atoms with Gasteiger partial charge in [-0.15, -0.1) is 0 Å². The molecule has 2 unspecified atom stereocenters. The number of imidazole rings is 1. The van der Waals surface area contributed by atoms with Crippen molar-refractivity contribution in [3.8, 4) is 0 Å². The predicted octanol–water partition coefficient (Wildman–Crippen LogP) is -1.91. The summed E-state index contributed by atoms with van der Waals surface area (Å²) < 4.78 is 52.2. The van der Waals surface area contributed by atoms with Gasteiger partial charge in [-0.1, -0.05) is 0 Å². The van der Waals surface area contributed by atoms with E-state index in [1.807, 2.05) is 0 Å². The second kappa shape index (κ2) is 12.5. The van der Waals surface area contributed by atoms with Gasteiger partial charge in [-0.25, -0.2) is 24.1 Å². The summed E-state index contributed by atoms with van der Waals surface area (Å²) in [7, 11) is -10.7. The standard InChI is InChI=1S/C22H28N6O14P2/c1-10(29)11-3-2-4-27(5-11)21-17(32)15(30)12(40-21)6-38-43(34,35)42-44(36,37)39-7-13-16(31)18(33)22(41-13)28-9-26-14-19(23)24-8-25-20(14)28/h2-5,8-9,12-13,15-18,21-22,30-33H,6-7H2,1H3,(H3-,23,24,25,34,35,36,37)/p+1/t12-,13-,15-,16-,17+,18+,21+,22+/m0/s1. The largest absolute Gasteiger partial charge is 0.481 e. The predicted molar refractivity (Wildman–Crippen MR) is 141 cm³/mol. The molecule has 3 aromatic heterocycles. The molecule has 0 spiro atoms. The molecule has 2 saturated heterocycles. The number of Topliss-reactive ketones (excluding diaryl/α,β-unsaturated/α-hetero) is 1. The van der Waals surface area contributed by atoms with Gasteiger partial charge < -0.3 is 45.4 Å². The third-order valence-corrected chi connectivity index (χ3v) is 9.47. The van der Waals surface area contributed by atoms with E-state index in [0.717, 1.165) is 6.33 Å². The Hall–Kier alpha value is -2.81. The molecule has 2 aliphatic rings. The monoisotopic (exact) mass is 663 g/mol. The Morgan fingerprint density at radius 1 is 1.00 bits per heavy atom. The highest BCUT2D eigenvalue weighted by Gasteiger charge is 2.50. The topological polar surface area (TPSA) is 292 Å². The van der Waals surface area contributed by atoms with Gasteiger partial charge in [0, 0.05) is 6.07 Å². The van der Waals surface area contributed by atoms with E-state index in [-0.39, 0.29) is 22.8 Å². The van der Waals surface area contributed by atoms with Crippen LogP contribution in [0.2, 0.25) is 0 Å². The van der Waals surface area contributed by atoms with Crippen LogP contribution in [-0.4, -0.2) is 105 Å². The molecule has 20 nitrogen and oxygen atoms in total. The van der Waals surface area contributed by atoms with Gasteiger partial charge in [0.25, 0.3) is 6.23 Å². The molecule has 2 fully saturated rings. The Morgan fingerprint density at radius 2 is 1.64 bits per heavy atom. The number of ether oxygens (including phenoxy) is 2. The summed E-state index contributed by atoms with van der Waals surface area (Å²) >= 11 is 0. The van der Waals surface area contributed by atoms with Gasteiger partial charge in [-0.3, -0.25) is 18.4 Å². The molecule has 44 heavy (non-hydrogen) atoms. The number of phosphoric ester groups is 2. The lowest BCUT2D eigenvalue weighted by Gasteiger charge is -2.20. The van der Waals surface area contributed by atoms with E-state index in [1.165, 1.54) is 46.9 Å². The van der Waals surface area contributed by atoms with Crippen molar-refractivity contribution in [1.82, 2.24) is 19.5 Å². The molecule has 0 saturated carbocycles. The molecule has 5 heterocycles. The van der Waals surface area contributed by atoms with E-state index in [0.29, 0.717) is 5.56 Å². The third-order valence-electron chi connectivity index (χ3n) is 6.87. The smallest absolute Gasteiger partial charge is 0.387 e. The number of aliphatic hydroxyl groups is 4. The van der Waals surface area contributed by atoms with E-state index in [4.69, 9.17) is 24.3 Å². The van der Waals surface area contributed by atoms with Gasteiger partial charge in [0.2, 0.25) is 0 Å². The van der Waals surface area contributed by atoms with Crippen LogP contribution in [0.1, 0.15) is 29.7 Å². The molecule has 0 amide bonds. The first-order valence-corrected chi connectivity index (χ1v) is 15.8. The minimum Gasteiger partial charge on any atom is -0.387 e. The molecule has 8 N–H and O–H groups in total. The van der Waals surface area contributed by atoms with E-state index >= 15 is 0 Å². The van der Waals surface area contributed by atoms with Crippen molar-refractivity contribution in [3.63, 3.8) is 0 Å². The Labute approximate surface area is 247 Å². The average molecular weight is 663 g/mol. The number of nitrogen functional groups attached to an aromatic ring is 1. The number of carbonyl (C=O) groups is 1. The molecular weight excluding hydrogens is 634 g/mol. The number of hydrogen-bond donors (Lipinski definition) is 7. The highest BCUT2D eigenvalue weighted by Crippen LogP contribution is 2.60. The fourth-order valence-electron chi connectivity index (χ4n) is 4.64. The first-order valence-electron chi connectivity index (χ1n) is 12.8. The van der Waals surface area contributed by atoms with Crippen molar-refractivity contribution >= 4 is 38.4 Å². The maximum atomic E-state index is 12.4.